The minimum atomic E-state index is -4.63. The molecule has 2 N–H and O–H groups in total. The molecule has 0 bridgehead atoms. The lowest BCUT2D eigenvalue weighted by Crippen LogP contribution is -2.16. The average molecular weight is 393 g/mol. The molecule has 0 spiro atoms. The van der Waals surface area contributed by atoms with Crippen LogP contribution in [0.15, 0.2) is 45.8 Å². The van der Waals surface area contributed by atoms with E-state index >= 15 is 0 Å². The van der Waals surface area contributed by atoms with Gasteiger partial charge in [0.1, 0.15) is 17.3 Å². The molecule has 6 nitrogen and oxygen atoms in total. The lowest BCUT2D eigenvalue weighted by atomic mass is 9.98. The fourth-order valence-electron chi connectivity index (χ4n) is 2.59. The van der Waals surface area contributed by atoms with Crippen LogP contribution in [0.25, 0.3) is 22.4 Å². The number of primary sulfonamides is 1. The minimum Gasteiger partial charge on any atom is -0.357 e. The molecule has 0 saturated heterocycles. The predicted octanol–water partition coefficient (Wildman–Crippen LogP) is 3.28. The van der Waals surface area contributed by atoms with Crippen molar-refractivity contribution >= 4 is 10.0 Å². The Morgan fingerprint density at radius 1 is 1.11 bits per heavy atom. The van der Waals surface area contributed by atoms with Gasteiger partial charge in [0, 0.05) is 5.56 Å². The van der Waals surface area contributed by atoms with E-state index in [4.69, 9.17) is 14.9 Å². The number of sulfonamides is 1. The largest absolute Gasteiger partial charge is 0.357 e. The van der Waals surface area contributed by atoms with E-state index in [1.165, 1.54) is 24.3 Å². The van der Waals surface area contributed by atoms with Crippen LogP contribution in [0.4, 0.5) is 13.2 Å². The smallest absolute Gasteiger partial charge is 0.243 e. The second kappa shape index (κ2) is 6.86. The van der Waals surface area contributed by atoms with Crippen molar-refractivity contribution in [2.24, 2.45) is 5.14 Å². The molecular weight excluding hydrogens is 383 g/mol. The highest BCUT2D eigenvalue weighted by Gasteiger charge is 2.25. The first-order chi connectivity index (χ1) is 12.8. The molecule has 1 aromatic heterocycles. The Morgan fingerprint density at radius 2 is 1.70 bits per heavy atom. The second-order valence-corrected chi connectivity index (χ2v) is 6.96. The molecule has 0 aliphatic rings. The molecule has 0 saturated carbocycles. The first-order valence-corrected chi connectivity index (χ1v) is 8.88. The molecule has 3 rings (SSSR count). The highest BCUT2D eigenvalue weighted by Crippen LogP contribution is 2.37. The van der Waals surface area contributed by atoms with Crippen LogP contribution >= 0.6 is 0 Å². The lowest BCUT2D eigenvalue weighted by Gasteiger charge is -2.08. The van der Waals surface area contributed by atoms with Crippen LogP contribution in [0.2, 0.25) is 0 Å². The summed E-state index contributed by atoms with van der Waals surface area (Å²) < 4.78 is 69.2. The van der Waals surface area contributed by atoms with Gasteiger partial charge in [0.2, 0.25) is 10.0 Å². The first-order valence-electron chi connectivity index (χ1n) is 7.33. The normalized spacial score (nSPS) is 11.4. The Labute approximate surface area is 151 Å². The molecule has 10 heteroatoms. The Balaban J connectivity index is 2.23. The van der Waals surface area contributed by atoms with Crippen molar-refractivity contribution in [2.45, 2.75) is 11.6 Å². The third-order valence-corrected chi connectivity index (χ3v) is 4.70. The van der Waals surface area contributed by atoms with Crippen LogP contribution in [-0.2, 0) is 16.7 Å². The number of nitrogens with zero attached hydrogens (tertiary/aromatic N) is 2. The predicted molar refractivity (Wildman–Crippen MR) is 88.2 cm³/mol. The number of hydrogen-bond donors (Lipinski definition) is 1. The van der Waals surface area contributed by atoms with Crippen LogP contribution in [0.5, 0.6) is 0 Å². The maximum absolute atomic E-state index is 14.2. The Morgan fingerprint density at radius 3 is 2.19 bits per heavy atom. The van der Waals surface area contributed by atoms with Crippen molar-refractivity contribution in [2.75, 3.05) is 0 Å². The molecule has 0 unspecified atom stereocenters. The molecule has 27 heavy (non-hydrogen) atoms. The molecule has 0 fully saturated rings. The van der Waals surface area contributed by atoms with Crippen molar-refractivity contribution in [3.05, 3.63) is 59.4 Å². The van der Waals surface area contributed by atoms with Crippen molar-refractivity contribution in [1.29, 1.82) is 5.26 Å². The van der Waals surface area contributed by atoms with Gasteiger partial charge in [-0.3, -0.25) is 0 Å². The fraction of sp³-hybridized carbons (Fsp3) is 0.0588. The van der Waals surface area contributed by atoms with E-state index in [0.717, 1.165) is 0 Å². The Hall–Kier alpha value is -3.16. The van der Waals surface area contributed by atoms with Crippen molar-refractivity contribution in [3.8, 4) is 28.5 Å². The Kier molecular flexibility index (Phi) is 4.73. The quantitative estimate of drug-likeness (QED) is 0.731. The summed E-state index contributed by atoms with van der Waals surface area (Å²) in [6.45, 7) is -1.11. The summed E-state index contributed by atoms with van der Waals surface area (Å²) in [5.41, 5.74) is 0.633. The summed E-state index contributed by atoms with van der Waals surface area (Å²) in [6.07, 6.45) is 0. The molecule has 138 valence electrons. The summed E-state index contributed by atoms with van der Waals surface area (Å²) in [5.74, 6) is -3.15. The standard InChI is InChI=1S/C17H10F3N3O3S/c18-7-14-15(11-5-12(19)17(13(20)6-11)27(22,24)25)16(23-26-14)10-3-1-9(8-21)2-4-10/h1-6H,7H2,(H2,22,24,25). The zero-order valence-electron chi connectivity index (χ0n) is 13.4. The molecule has 0 aliphatic heterocycles. The van der Waals surface area contributed by atoms with Gasteiger partial charge in [-0.15, -0.1) is 0 Å². The summed E-state index contributed by atoms with van der Waals surface area (Å²) >= 11 is 0. The molecular formula is C17H10F3N3O3S. The number of alkyl halides is 1. The number of hydrogen-bond acceptors (Lipinski definition) is 5. The maximum Gasteiger partial charge on any atom is 0.243 e. The van der Waals surface area contributed by atoms with Gasteiger partial charge < -0.3 is 4.52 Å². The number of nitriles is 1. The van der Waals surface area contributed by atoms with Crippen LogP contribution in [0, 0.1) is 23.0 Å². The first kappa shape index (κ1) is 18.6. The highest BCUT2D eigenvalue weighted by molar-refractivity contribution is 7.89. The van der Waals surface area contributed by atoms with Gasteiger partial charge in [-0.25, -0.2) is 26.7 Å². The molecule has 2 aromatic carbocycles. The number of halogens is 3. The lowest BCUT2D eigenvalue weighted by molar-refractivity contribution is 0.332. The van der Waals surface area contributed by atoms with Crippen LogP contribution in [0.1, 0.15) is 11.3 Å². The second-order valence-electron chi connectivity index (χ2n) is 5.47. The van der Waals surface area contributed by atoms with Crippen molar-refractivity contribution < 1.29 is 26.1 Å². The number of rotatable bonds is 4. The summed E-state index contributed by atoms with van der Waals surface area (Å²) in [7, 11) is -4.63. The van der Waals surface area contributed by atoms with Gasteiger partial charge in [0.25, 0.3) is 0 Å². The van der Waals surface area contributed by atoms with Crippen LogP contribution in [0.3, 0.4) is 0 Å². The third kappa shape index (κ3) is 3.42. The molecule has 0 radical (unpaired) electrons. The maximum atomic E-state index is 14.2. The van der Waals surface area contributed by atoms with Gasteiger partial charge >= 0.3 is 0 Å². The SMILES string of the molecule is N#Cc1ccc(-c2noc(CF)c2-c2cc(F)c(S(N)(=O)=O)c(F)c2)cc1. The zero-order chi connectivity index (χ0) is 19.8. The molecule has 0 atom stereocenters. The molecule has 3 aromatic rings. The topological polar surface area (TPSA) is 110 Å². The van der Waals surface area contributed by atoms with Gasteiger partial charge in [0.15, 0.2) is 17.3 Å². The zero-order valence-corrected chi connectivity index (χ0v) is 14.2. The van der Waals surface area contributed by atoms with E-state index in [-0.39, 0.29) is 22.6 Å². The summed E-state index contributed by atoms with van der Waals surface area (Å²) in [6, 6.07) is 9.33. The summed E-state index contributed by atoms with van der Waals surface area (Å²) in [5, 5.41) is 17.4. The number of nitrogens with two attached hydrogens (primary N) is 1. The fourth-order valence-corrected chi connectivity index (χ4v) is 3.25. The average Bonchev–Trinajstić information content (AvgIpc) is 3.04. The van der Waals surface area contributed by atoms with Gasteiger partial charge in [0.05, 0.1) is 17.2 Å². The van der Waals surface area contributed by atoms with Crippen molar-refractivity contribution in [3.63, 3.8) is 0 Å². The number of benzene rings is 2. The van der Waals surface area contributed by atoms with E-state index < -0.39 is 33.2 Å². The number of aromatic nitrogens is 1. The molecule has 0 amide bonds. The van der Waals surface area contributed by atoms with Gasteiger partial charge in [-0.05, 0) is 29.8 Å². The van der Waals surface area contributed by atoms with E-state index in [9.17, 15) is 21.6 Å². The van der Waals surface area contributed by atoms with Gasteiger partial charge in [-0.2, -0.15) is 5.26 Å². The summed E-state index contributed by atoms with van der Waals surface area (Å²) in [4.78, 5) is -1.29. The third-order valence-electron chi connectivity index (χ3n) is 3.74. The van der Waals surface area contributed by atoms with E-state index in [1.807, 2.05) is 6.07 Å². The van der Waals surface area contributed by atoms with Crippen molar-refractivity contribution in [1.82, 2.24) is 5.16 Å². The van der Waals surface area contributed by atoms with E-state index in [1.54, 1.807) is 0 Å². The Bertz CT molecular complexity index is 1140. The monoisotopic (exact) mass is 393 g/mol. The highest BCUT2D eigenvalue weighted by atomic mass is 32.2. The van der Waals surface area contributed by atoms with E-state index in [2.05, 4.69) is 5.16 Å². The van der Waals surface area contributed by atoms with Gasteiger partial charge in [-0.1, -0.05) is 17.3 Å². The molecule has 1 heterocycles. The molecule has 0 aliphatic carbocycles. The van der Waals surface area contributed by atoms with Crippen LogP contribution < -0.4 is 5.14 Å². The minimum absolute atomic E-state index is 0.0408. The van der Waals surface area contributed by atoms with Crippen LogP contribution in [-0.4, -0.2) is 13.6 Å². The van der Waals surface area contributed by atoms with E-state index in [0.29, 0.717) is 23.3 Å².